The van der Waals surface area contributed by atoms with Crippen LogP contribution in [-0.2, 0) is 0 Å². The summed E-state index contributed by atoms with van der Waals surface area (Å²) in [5, 5.41) is 4.00. The van der Waals surface area contributed by atoms with Gasteiger partial charge in [-0.25, -0.2) is 0 Å². The van der Waals surface area contributed by atoms with Crippen LogP contribution in [0.2, 0.25) is 0 Å². The Morgan fingerprint density at radius 3 is 2.48 bits per heavy atom. The topological polar surface area (TPSA) is 44.5 Å². The molecule has 21 heavy (non-hydrogen) atoms. The van der Waals surface area contributed by atoms with Crippen LogP contribution in [0.5, 0.6) is 0 Å². The van der Waals surface area contributed by atoms with E-state index in [0.717, 1.165) is 42.8 Å². The molecule has 2 aliphatic heterocycles. The molecular formula is C17H30N4. The molecule has 4 nitrogen and oxygen atoms in total. The third kappa shape index (κ3) is 1.71. The van der Waals surface area contributed by atoms with Gasteiger partial charge < -0.3 is 10.6 Å². The van der Waals surface area contributed by atoms with Gasteiger partial charge in [-0.2, -0.15) is 0 Å². The van der Waals surface area contributed by atoms with Gasteiger partial charge in [0, 0.05) is 44.4 Å². The molecule has 5 unspecified atom stereocenters. The Labute approximate surface area is 128 Å². The Bertz CT molecular complexity index is 423. The normalized spacial score (nSPS) is 55.1. The summed E-state index contributed by atoms with van der Waals surface area (Å²) >= 11 is 0. The highest BCUT2D eigenvalue weighted by Crippen LogP contribution is 2.63. The van der Waals surface area contributed by atoms with Crippen molar-refractivity contribution in [2.24, 2.45) is 35.3 Å². The van der Waals surface area contributed by atoms with Crippen LogP contribution < -0.4 is 11.1 Å². The zero-order valence-electron chi connectivity index (χ0n) is 13.3. The fourth-order valence-corrected chi connectivity index (χ4v) is 6.81. The lowest BCUT2D eigenvalue weighted by Crippen LogP contribution is -2.78. The molecule has 0 amide bonds. The van der Waals surface area contributed by atoms with Gasteiger partial charge in [0.2, 0.25) is 0 Å². The quantitative estimate of drug-likeness (QED) is 0.793. The molecular weight excluding hydrogens is 260 g/mol. The average Bonchev–Trinajstić information content (AvgIpc) is 2.62. The number of nitrogens with one attached hydrogen (secondary N) is 1. The largest absolute Gasteiger partial charge is 0.329 e. The standard InChI is InChI=1S/C17H30N4/c1-20-7-12-4-17(5-13(8-20)16(12)17)19-10-21-9-11-2-3-14(11)15(21)6-18/h11-16,19H,2-10,18H2,1H3. The highest BCUT2D eigenvalue weighted by atomic mass is 15.3. The van der Waals surface area contributed by atoms with E-state index in [9.17, 15) is 0 Å². The van der Waals surface area contributed by atoms with Gasteiger partial charge in [0.15, 0.2) is 0 Å². The first-order valence-corrected chi connectivity index (χ1v) is 9.08. The Hall–Kier alpha value is -0.160. The Balaban J connectivity index is 1.21. The van der Waals surface area contributed by atoms with E-state index < -0.39 is 0 Å². The summed E-state index contributed by atoms with van der Waals surface area (Å²) in [5.41, 5.74) is 6.58. The Morgan fingerprint density at radius 2 is 1.86 bits per heavy atom. The summed E-state index contributed by atoms with van der Waals surface area (Å²) in [6.45, 7) is 5.93. The predicted molar refractivity (Wildman–Crippen MR) is 83.7 cm³/mol. The molecule has 3 aliphatic carbocycles. The molecule has 5 atom stereocenters. The molecule has 0 aromatic carbocycles. The van der Waals surface area contributed by atoms with Gasteiger partial charge >= 0.3 is 0 Å². The van der Waals surface area contributed by atoms with Crippen molar-refractivity contribution in [3.63, 3.8) is 0 Å². The number of nitrogens with zero attached hydrogens (tertiary/aromatic N) is 2. The van der Waals surface area contributed by atoms with E-state index in [4.69, 9.17) is 5.73 Å². The van der Waals surface area contributed by atoms with E-state index in [-0.39, 0.29) is 0 Å². The monoisotopic (exact) mass is 290 g/mol. The molecule has 0 radical (unpaired) electrons. The summed E-state index contributed by atoms with van der Waals surface area (Å²) in [7, 11) is 2.30. The lowest BCUT2D eigenvalue weighted by molar-refractivity contribution is -0.181. The molecule has 2 heterocycles. The van der Waals surface area contributed by atoms with Crippen molar-refractivity contribution in [1.29, 1.82) is 0 Å². The molecule has 5 rings (SSSR count). The molecule has 118 valence electrons. The molecule has 5 aliphatic rings. The van der Waals surface area contributed by atoms with E-state index in [2.05, 4.69) is 22.2 Å². The van der Waals surface area contributed by atoms with Crippen LogP contribution in [0.15, 0.2) is 0 Å². The average molecular weight is 290 g/mol. The van der Waals surface area contributed by atoms with Crippen LogP contribution in [0, 0.1) is 29.6 Å². The van der Waals surface area contributed by atoms with Crippen molar-refractivity contribution in [1.82, 2.24) is 15.1 Å². The number of rotatable bonds is 4. The number of nitrogens with two attached hydrogens (primary N) is 1. The van der Waals surface area contributed by atoms with Crippen molar-refractivity contribution in [2.45, 2.75) is 37.3 Å². The fourth-order valence-electron chi connectivity index (χ4n) is 6.81. The van der Waals surface area contributed by atoms with Crippen molar-refractivity contribution >= 4 is 0 Å². The van der Waals surface area contributed by atoms with E-state index in [1.165, 1.54) is 45.3 Å². The van der Waals surface area contributed by atoms with Crippen molar-refractivity contribution in [3.8, 4) is 0 Å². The minimum absolute atomic E-state index is 0.525. The van der Waals surface area contributed by atoms with Gasteiger partial charge in [0.05, 0.1) is 0 Å². The minimum atomic E-state index is 0.525. The SMILES string of the molecule is CN1CC2CC3(NCN4CC5CCC5C4CN)CC(C1)C23. The fraction of sp³-hybridized carbons (Fsp3) is 1.00. The van der Waals surface area contributed by atoms with E-state index in [1.54, 1.807) is 0 Å². The lowest BCUT2D eigenvalue weighted by Gasteiger charge is -2.71. The summed E-state index contributed by atoms with van der Waals surface area (Å²) < 4.78 is 0. The minimum Gasteiger partial charge on any atom is -0.329 e. The van der Waals surface area contributed by atoms with E-state index in [0.29, 0.717) is 11.6 Å². The molecule has 4 heteroatoms. The second kappa shape index (κ2) is 4.44. The molecule has 2 saturated heterocycles. The van der Waals surface area contributed by atoms with Crippen molar-refractivity contribution < 1.29 is 0 Å². The molecule has 0 spiro atoms. The zero-order chi connectivity index (χ0) is 14.2. The van der Waals surface area contributed by atoms with Crippen molar-refractivity contribution in [3.05, 3.63) is 0 Å². The highest BCUT2D eigenvalue weighted by Gasteiger charge is 2.66. The second-order valence-corrected chi connectivity index (χ2v) is 8.74. The number of piperidine rings is 1. The molecule has 3 N–H and O–H groups in total. The Kier molecular flexibility index (Phi) is 2.81. The van der Waals surface area contributed by atoms with E-state index in [1.807, 2.05) is 0 Å². The highest BCUT2D eigenvalue weighted by molar-refractivity contribution is 5.21. The van der Waals surface area contributed by atoms with Gasteiger partial charge in [-0.3, -0.25) is 10.2 Å². The lowest BCUT2D eigenvalue weighted by atomic mass is 9.41. The smallest absolute Gasteiger partial charge is 0.0488 e. The molecule has 0 bridgehead atoms. The summed E-state index contributed by atoms with van der Waals surface area (Å²) in [4.78, 5) is 5.23. The summed E-state index contributed by atoms with van der Waals surface area (Å²) in [5.74, 6) is 4.83. The molecule has 0 aromatic heterocycles. The van der Waals surface area contributed by atoms with Gasteiger partial charge in [-0.1, -0.05) is 0 Å². The number of hydrogen-bond acceptors (Lipinski definition) is 4. The maximum Gasteiger partial charge on any atom is 0.0488 e. The number of hydrogen-bond donors (Lipinski definition) is 2. The number of fused-ring (bicyclic) bond motifs is 1. The first-order valence-electron chi connectivity index (χ1n) is 9.08. The number of likely N-dealkylation sites (tertiary alicyclic amines) is 2. The second-order valence-electron chi connectivity index (χ2n) is 8.74. The molecule has 3 saturated carbocycles. The van der Waals surface area contributed by atoms with Crippen molar-refractivity contribution in [2.75, 3.05) is 39.9 Å². The Morgan fingerprint density at radius 1 is 1.10 bits per heavy atom. The van der Waals surface area contributed by atoms with Gasteiger partial charge in [0.1, 0.15) is 0 Å². The molecule has 5 fully saturated rings. The van der Waals surface area contributed by atoms with Crippen LogP contribution in [0.4, 0.5) is 0 Å². The summed E-state index contributed by atoms with van der Waals surface area (Å²) in [6, 6.07) is 0.664. The van der Waals surface area contributed by atoms with Gasteiger partial charge in [-0.15, -0.1) is 0 Å². The zero-order valence-corrected chi connectivity index (χ0v) is 13.3. The van der Waals surface area contributed by atoms with Crippen LogP contribution in [0.1, 0.15) is 25.7 Å². The van der Waals surface area contributed by atoms with Gasteiger partial charge in [0.25, 0.3) is 0 Å². The third-order valence-electron chi connectivity index (χ3n) is 7.78. The molecule has 0 aromatic rings. The van der Waals surface area contributed by atoms with Crippen LogP contribution in [0.3, 0.4) is 0 Å². The first-order chi connectivity index (χ1) is 10.2. The van der Waals surface area contributed by atoms with E-state index >= 15 is 0 Å². The third-order valence-corrected chi connectivity index (χ3v) is 7.78. The predicted octanol–water partition coefficient (Wildman–Crippen LogP) is 0.543. The van der Waals surface area contributed by atoms with Crippen LogP contribution >= 0.6 is 0 Å². The van der Waals surface area contributed by atoms with Gasteiger partial charge in [-0.05, 0) is 62.3 Å². The first kappa shape index (κ1) is 13.3. The maximum absolute atomic E-state index is 6.05. The maximum atomic E-state index is 6.05. The summed E-state index contributed by atoms with van der Waals surface area (Å²) in [6.07, 6.45) is 5.72. The van der Waals surface area contributed by atoms with Crippen LogP contribution in [0.25, 0.3) is 0 Å². The van der Waals surface area contributed by atoms with Crippen LogP contribution in [-0.4, -0.2) is 61.3 Å².